The Hall–Kier alpha value is -2.54. The van der Waals surface area contributed by atoms with Crippen molar-refractivity contribution >= 4 is 39.3 Å². The maximum atomic E-state index is 12.1. The lowest BCUT2D eigenvalue weighted by Gasteiger charge is -2.13. The Morgan fingerprint density at radius 1 is 1.09 bits per heavy atom. The third-order valence-electron chi connectivity index (χ3n) is 3.19. The van der Waals surface area contributed by atoms with E-state index < -0.39 is 17.7 Å². The van der Waals surface area contributed by atoms with Gasteiger partial charge in [-0.2, -0.15) is 0 Å². The normalized spacial score (nSPS) is 13.2. The molecule has 0 aliphatic carbocycles. The summed E-state index contributed by atoms with van der Waals surface area (Å²) in [7, 11) is 0. The van der Waals surface area contributed by atoms with E-state index in [1.807, 2.05) is 0 Å². The van der Waals surface area contributed by atoms with Crippen LogP contribution in [0.25, 0.3) is 0 Å². The molecule has 0 unspecified atom stereocenters. The van der Waals surface area contributed by atoms with Crippen molar-refractivity contribution in [1.29, 1.82) is 0 Å². The molecule has 22 heavy (non-hydrogen) atoms. The molecule has 2 heterocycles. The zero-order chi connectivity index (χ0) is 15.7. The first kappa shape index (κ1) is 14.4. The molecule has 110 valence electrons. The number of anilines is 1. The summed E-state index contributed by atoms with van der Waals surface area (Å²) in [5.74, 6) is -1.37. The van der Waals surface area contributed by atoms with Crippen molar-refractivity contribution in [2.45, 2.75) is 0 Å². The number of hydrogen-bond donors (Lipinski definition) is 1. The third-order valence-corrected chi connectivity index (χ3v) is 3.66. The third kappa shape index (κ3) is 2.62. The van der Waals surface area contributed by atoms with Crippen LogP contribution in [0.1, 0.15) is 20.7 Å². The predicted molar refractivity (Wildman–Crippen MR) is 82.4 cm³/mol. The summed E-state index contributed by atoms with van der Waals surface area (Å²) < 4.78 is 0.644. The van der Waals surface area contributed by atoms with Crippen LogP contribution in [-0.2, 0) is 4.79 Å². The van der Waals surface area contributed by atoms with Crippen LogP contribution in [0, 0.1) is 0 Å². The molecule has 0 fully saturated rings. The van der Waals surface area contributed by atoms with Gasteiger partial charge in [0.25, 0.3) is 11.8 Å². The maximum Gasteiger partial charge on any atom is 0.262 e. The first-order valence-corrected chi connectivity index (χ1v) is 7.22. The second kappa shape index (κ2) is 5.69. The van der Waals surface area contributed by atoms with Gasteiger partial charge < -0.3 is 5.32 Å². The van der Waals surface area contributed by atoms with Gasteiger partial charge >= 0.3 is 0 Å². The molecule has 1 aliphatic heterocycles. The van der Waals surface area contributed by atoms with Gasteiger partial charge in [0.05, 0.1) is 23.0 Å². The minimum Gasteiger partial charge on any atom is -0.323 e. The molecular formula is C15H10BrN3O3. The average Bonchev–Trinajstić information content (AvgIpc) is 2.75. The number of amides is 3. The second-order valence-electron chi connectivity index (χ2n) is 4.66. The van der Waals surface area contributed by atoms with Crippen LogP contribution in [0.15, 0.2) is 47.2 Å². The second-order valence-corrected chi connectivity index (χ2v) is 5.47. The molecule has 7 heteroatoms. The van der Waals surface area contributed by atoms with E-state index in [0.717, 1.165) is 4.90 Å². The summed E-state index contributed by atoms with van der Waals surface area (Å²) >= 11 is 3.19. The Morgan fingerprint density at radius 3 is 2.27 bits per heavy atom. The molecule has 0 spiro atoms. The Kier molecular flexibility index (Phi) is 3.72. The van der Waals surface area contributed by atoms with Gasteiger partial charge in [0.2, 0.25) is 5.91 Å². The number of carbonyl (C=O) groups excluding carboxylic acids is 3. The van der Waals surface area contributed by atoms with Crippen molar-refractivity contribution < 1.29 is 14.4 Å². The van der Waals surface area contributed by atoms with Crippen LogP contribution < -0.4 is 5.32 Å². The fourth-order valence-corrected chi connectivity index (χ4v) is 2.41. The minimum atomic E-state index is -0.460. The van der Waals surface area contributed by atoms with E-state index in [2.05, 4.69) is 26.2 Å². The van der Waals surface area contributed by atoms with E-state index in [1.54, 1.807) is 36.4 Å². The zero-order valence-corrected chi connectivity index (χ0v) is 12.8. The highest BCUT2D eigenvalue weighted by atomic mass is 79.9. The predicted octanol–water partition coefficient (Wildman–Crippen LogP) is 2.08. The summed E-state index contributed by atoms with van der Waals surface area (Å²) in [6.45, 7) is -0.331. The topological polar surface area (TPSA) is 79.4 Å². The quantitative estimate of drug-likeness (QED) is 0.672. The summed E-state index contributed by atoms with van der Waals surface area (Å²) in [5, 5.41) is 2.60. The molecule has 3 rings (SSSR count). The maximum absolute atomic E-state index is 12.1. The van der Waals surface area contributed by atoms with Crippen molar-refractivity contribution in [3.05, 3.63) is 58.3 Å². The lowest BCUT2D eigenvalue weighted by Crippen LogP contribution is -2.37. The lowest BCUT2D eigenvalue weighted by atomic mass is 10.1. The van der Waals surface area contributed by atoms with Gasteiger partial charge in [0, 0.05) is 0 Å². The molecule has 0 saturated carbocycles. The summed E-state index contributed by atoms with van der Waals surface area (Å²) in [6, 6.07) is 9.86. The smallest absolute Gasteiger partial charge is 0.262 e. The number of pyridine rings is 1. The number of fused-ring (bicyclic) bond motifs is 1. The largest absolute Gasteiger partial charge is 0.323 e. The SMILES string of the molecule is O=C(CN1C(=O)c2ccccc2C1=O)Nc1ccc(Br)nc1. The van der Waals surface area contributed by atoms with E-state index in [4.69, 9.17) is 0 Å². The van der Waals surface area contributed by atoms with E-state index in [-0.39, 0.29) is 6.54 Å². The van der Waals surface area contributed by atoms with Crippen LogP contribution in [0.5, 0.6) is 0 Å². The molecule has 1 N–H and O–H groups in total. The van der Waals surface area contributed by atoms with Crippen molar-refractivity contribution in [3.63, 3.8) is 0 Å². The molecule has 2 aromatic rings. The van der Waals surface area contributed by atoms with Crippen LogP contribution >= 0.6 is 15.9 Å². The molecular weight excluding hydrogens is 350 g/mol. The van der Waals surface area contributed by atoms with Crippen LogP contribution in [0.2, 0.25) is 0 Å². The van der Waals surface area contributed by atoms with Gasteiger partial charge in [-0.25, -0.2) is 4.98 Å². The molecule has 0 bridgehead atoms. The van der Waals surface area contributed by atoms with Crippen molar-refractivity contribution in [2.24, 2.45) is 0 Å². The van der Waals surface area contributed by atoms with Crippen molar-refractivity contribution in [2.75, 3.05) is 11.9 Å². The number of nitrogens with zero attached hydrogens (tertiary/aromatic N) is 2. The number of imide groups is 1. The van der Waals surface area contributed by atoms with Crippen molar-refractivity contribution in [1.82, 2.24) is 9.88 Å². The van der Waals surface area contributed by atoms with Gasteiger partial charge in [-0.15, -0.1) is 0 Å². The number of halogens is 1. The number of carbonyl (C=O) groups is 3. The number of rotatable bonds is 3. The monoisotopic (exact) mass is 359 g/mol. The summed E-state index contributed by atoms with van der Waals surface area (Å²) in [4.78, 5) is 41.2. The van der Waals surface area contributed by atoms with Gasteiger partial charge in [0.15, 0.2) is 0 Å². The number of aromatic nitrogens is 1. The average molecular weight is 360 g/mol. The number of benzene rings is 1. The van der Waals surface area contributed by atoms with E-state index >= 15 is 0 Å². The highest BCUT2D eigenvalue weighted by Crippen LogP contribution is 2.22. The van der Waals surface area contributed by atoms with Crippen LogP contribution in [-0.4, -0.2) is 34.2 Å². The number of hydrogen-bond acceptors (Lipinski definition) is 4. The lowest BCUT2D eigenvalue weighted by molar-refractivity contribution is -0.116. The van der Waals surface area contributed by atoms with Crippen LogP contribution in [0.3, 0.4) is 0 Å². The van der Waals surface area contributed by atoms with E-state index in [0.29, 0.717) is 21.4 Å². The van der Waals surface area contributed by atoms with Gasteiger partial charge in [-0.3, -0.25) is 19.3 Å². The van der Waals surface area contributed by atoms with Crippen molar-refractivity contribution in [3.8, 4) is 0 Å². The van der Waals surface area contributed by atoms with Crippen LogP contribution in [0.4, 0.5) is 5.69 Å². The Bertz CT molecular complexity index is 739. The number of nitrogens with one attached hydrogen (secondary N) is 1. The Labute approximate surface area is 134 Å². The Morgan fingerprint density at radius 2 is 1.73 bits per heavy atom. The standard InChI is InChI=1S/C15H10BrN3O3/c16-12-6-5-9(7-17-12)18-13(20)8-19-14(21)10-3-1-2-4-11(10)15(19)22/h1-7H,8H2,(H,18,20). The fraction of sp³-hybridized carbons (Fsp3) is 0.0667. The molecule has 1 aromatic heterocycles. The fourth-order valence-electron chi connectivity index (χ4n) is 2.18. The van der Waals surface area contributed by atoms with Gasteiger partial charge in [-0.05, 0) is 40.2 Å². The molecule has 0 radical (unpaired) electrons. The van der Waals surface area contributed by atoms with E-state index in [1.165, 1.54) is 6.20 Å². The highest BCUT2D eigenvalue weighted by molar-refractivity contribution is 9.10. The zero-order valence-electron chi connectivity index (χ0n) is 11.2. The highest BCUT2D eigenvalue weighted by Gasteiger charge is 2.36. The van der Waals surface area contributed by atoms with E-state index in [9.17, 15) is 14.4 Å². The van der Waals surface area contributed by atoms with Gasteiger partial charge in [0.1, 0.15) is 11.1 Å². The summed E-state index contributed by atoms with van der Waals surface area (Å²) in [5.41, 5.74) is 1.14. The molecule has 3 amide bonds. The molecule has 1 aromatic carbocycles. The van der Waals surface area contributed by atoms with Gasteiger partial charge in [-0.1, -0.05) is 12.1 Å². The first-order chi connectivity index (χ1) is 10.6. The molecule has 0 atom stereocenters. The first-order valence-electron chi connectivity index (χ1n) is 6.43. The molecule has 1 aliphatic rings. The Balaban J connectivity index is 1.71. The summed E-state index contributed by atoms with van der Waals surface area (Å²) in [6.07, 6.45) is 1.48. The molecule has 0 saturated heterocycles. The molecule has 6 nitrogen and oxygen atoms in total. The minimum absolute atomic E-state index is 0.325.